The fourth-order valence-electron chi connectivity index (χ4n) is 3.31. The summed E-state index contributed by atoms with van der Waals surface area (Å²) in [5.41, 5.74) is 3.69. The van der Waals surface area contributed by atoms with Crippen molar-refractivity contribution in [1.29, 1.82) is 0 Å². The topological polar surface area (TPSA) is 78.1 Å². The number of nitrogens with one attached hydrogen (secondary N) is 2. The summed E-state index contributed by atoms with van der Waals surface area (Å²) >= 11 is 0. The molecule has 1 fully saturated rings. The van der Waals surface area contributed by atoms with Crippen LogP contribution in [0.15, 0.2) is 48.5 Å². The summed E-state index contributed by atoms with van der Waals surface area (Å²) in [5, 5.41) is 2.80. The van der Waals surface area contributed by atoms with E-state index < -0.39 is 0 Å². The van der Waals surface area contributed by atoms with E-state index in [1.54, 1.807) is 4.90 Å². The fourth-order valence-corrected chi connectivity index (χ4v) is 3.31. The number of hydrogen-bond donors (Lipinski definition) is 2. The number of fused-ring (bicyclic) bond motifs is 1. The fraction of sp³-hybridized carbons (Fsp3) is 0.250. The number of hydrogen-bond acceptors (Lipinski definition) is 3. The standard InChI is InChI=1S/C20H20N4O2/c1-2-13-6-5-7-15(10-13)24-12-14(11-18(24)25)19(26)23-20-21-16-8-3-4-9-17(16)22-20/h3-10,14H,2,11-12H2,1H3,(H2,21,22,23,26). The Labute approximate surface area is 151 Å². The summed E-state index contributed by atoms with van der Waals surface area (Å²) < 4.78 is 0. The van der Waals surface area contributed by atoms with Crippen molar-refractivity contribution in [3.63, 3.8) is 0 Å². The highest BCUT2D eigenvalue weighted by molar-refractivity contribution is 6.03. The number of carbonyl (C=O) groups is 2. The van der Waals surface area contributed by atoms with Crippen molar-refractivity contribution in [3.05, 3.63) is 54.1 Å². The molecule has 3 aromatic rings. The third kappa shape index (κ3) is 3.06. The molecule has 0 aliphatic carbocycles. The molecule has 0 radical (unpaired) electrons. The van der Waals surface area contributed by atoms with Gasteiger partial charge in [-0.2, -0.15) is 0 Å². The maximum Gasteiger partial charge on any atom is 0.232 e. The number of aryl methyl sites for hydroxylation is 1. The van der Waals surface area contributed by atoms with Gasteiger partial charge in [-0.3, -0.25) is 14.9 Å². The summed E-state index contributed by atoms with van der Waals surface area (Å²) in [7, 11) is 0. The Morgan fingerprint density at radius 2 is 2.12 bits per heavy atom. The van der Waals surface area contributed by atoms with Gasteiger partial charge < -0.3 is 9.88 Å². The molecule has 6 nitrogen and oxygen atoms in total. The molecule has 2 amide bonds. The van der Waals surface area contributed by atoms with E-state index in [1.807, 2.05) is 48.5 Å². The second-order valence-electron chi connectivity index (χ2n) is 6.52. The van der Waals surface area contributed by atoms with Gasteiger partial charge >= 0.3 is 0 Å². The quantitative estimate of drug-likeness (QED) is 0.760. The number of para-hydroxylation sites is 2. The monoisotopic (exact) mass is 348 g/mol. The number of anilines is 2. The summed E-state index contributed by atoms with van der Waals surface area (Å²) in [6.45, 7) is 2.46. The van der Waals surface area contributed by atoms with E-state index in [0.717, 1.165) is 23.1 Å². The zero-order valence-electron chi connectivity index (χ0n) is 14.5. The lowest BCUT2D eigenvalue weighted by atomic mass is 10.1. The first-order valence-electron chi connectivity index (χ1n) is 8.79. The van der Waals surface area contributed by atoms with Crippen LogP contribution in [0.2, 0.25) is 0 Å². The molecular formula is C20H20N4O2. The third-order valence-electron chi connectivity index (χ3n) is 4.76. The van der Waals surface area contributed by atoms with E-state index in [2.05, 4.69) is 22.2 Å². The second-order valence-corrected chi connectivity index (χ2v) is 6.52. The summed E-state index contributed by atoms with van der Waals surface area (Å²) in [5.74, 6) is -0.189. The smallest absolute Gasteiger partial charge is 0.232 e. The van der Waals surface area contributed by atoms with Crippen LogP contribution in [0.5, 0.6) is 0 Å². The van der Waals surface area contributed by atoms with Crippen LogP contribution in [0.4, 0.5) is 11.6 Å². The number of nitrogens with zero attached hydrogens (tertiary/aromatic N) is 2. The highest BCUT2D eigenvalue weighted by Crippen LogP contribution is 2.27. The lowest BCUT2D eigenvalue weighted by Gasteiger charge is -2.17. The first kappa shape index (κ1) is 16.3. The second kappa shape index (κ2) is 6.63. The van der Waals surface area contributed by atoms with Crippen molar-refractivity contribution in [2.24, 2.45) is 5.92 Å². The number of carbonyl (C=O) groups excluding carboxylic acids is 2. The molecule has 2 N–H and O–H groups in total. The van der Waals surface area contributed by atoms with Gasteiger partial charge in [-0.05, 0) is 36.2 Å². The molecule has 1 saturated heterocycles. The molecule has 1 aromatic heterocycles. The van der Waals surface area contributed by atoms with Crippen LogP contribution in [0, 0.1) is 5.92 Å². The van der Waals surface area contributed by atoms with Gasteiger partial charge in [-0.1, -0.05) is 31.2 Å². The number of benzene rings is 2. The van der Waals surface area contributed by atoms with Gasteiger partial charge in [0.25, 0.3) is 0 Å². The largest absolute Gasteiger partial charge is 0.324 e. The molecule has 2 heterocycles. The van der Waals surface area contributed by atoms with E-state index >= 15 is 0 Å². The van der Waals surface area contributed by atoms with Gasteiger partial charge in [-0.15, -0.1) is 0 Å². The minimum absolute atomic E-state index is 0.0250. The summed E-state index contributed by atoms with van der Waals surface area (Å²) in [4.78, 5) is 34.1. The average molecular weight is 348 g/mol. The average Bonchev–Trinajstić information content (AvgIpc) is 3.24. The summed E-state index contributed by atoms with van der Waals surface area (Å²) in [6.07, 6.45) is 1.12. The molecule has 1 aliphatic heterocycles. The number of imidazole rings is 1. The van der Waals surface area contributed by atoms with Gasteiger partial charge in [0.15, 0.2) is 0 Å². The van der Waals surface area contributed by atoms with Crippen molar-refractivity contribution in [2.75, 3.05) is 16.8 Å². The Morgan fingerprint density at radius 1 is 1.27 bits per heavy atom. The van der Waals surface area contributed by atoms with Gasteiger partial charge in [0.05, 0.1) is 17.0 Å². The van der Waals surface area contributed by atoms with Crippen LogP contribution < -0.4 is 10.2 Å². The van der Waals surface area contributed by atoms with Crippen LogP contribution >= 0.6 is 0 Å². The molecule has 0 saturated carbocycles. The van der Waals surface area contributed by atoms with Gasteiger partial charge in [0.1, 0.15) is 0 Å². The van der Waals surface area contributed by atoms with Crippen LogP contribution in [0.25, 0.3) is 11.0 Å². The molecule has 1 aliphatic rings. The molecule has 4 rings (SSSR count). The molecule has 26 heavy (non-hydrogen) atoms. The zero-order chi connectivity index (χ0) is 18.1. The van der Waals surface area contributed by atoms with Crippen molar-refractivity contribution in [1.82, 2.24) is 9.97 Å². The number of aromatic amines is 1. The maximum absolute atomic E-state index is 12.6. The number of rotatable bonds is 4. The highest BCUT2D eigenvalue weighted by Gasteiger charge is 2.35. The lowest BCUT2D eigenvalue weighted by molar-refractivity contribution is -0.122. The number of amides is 2. The molecule has 2 aromatic carbocycles. The minimum atomic E-state index is -0.388. The SMILES string of the molecule is CCc1cccc(N2CC(C(=O)Nc3nc4ccccc4[nH]3)CC2=O)c1. The Hall–Kier alpha value is -3.15. The Bertz CT molecular complexity index is 946. The van der Waals surface area contributed by atoms with Crippen molar-refractivity contribution in [2.45, 2.75) is 19.8 Å². The van der Waals surface area contributed by atoms with E-state index in [4.69, 9.17) is 0 Å². The van der Waals surface area contributed by atoms with Crippen molar-refractivity contribution < 1.29 is 9.59 Å². The van der Waals surface area contributed by atoms with Crippen LogP contribution in [0.3, 0.4) is 0 Å². The molecule has 1 atom stereocenters. The van der Waals surface area contributed by atoms with Crippen LogP contribution in [0.1, 0.15) is 18.9 Å². The Balaban J connectivity index is 1.48. The molecular weight excluding hydrogens is 328 g/mol. The Morgan fingerprint density at radius 3 is 2.92 bits per heavy atom. The summed E-state index contributed by atoms with van der Waals surface area (Å²) in [6, 6.07) is 15.5. The molecule has 0 bridgehead atoms. The molecule has 6 heteroatoms. The molecule has 0 spiro atoms. The van der Waals surface area contributed by atoms with Gasteiger partial charge in [-0.25, -0.2) is 4.98 Å². The van der Waals surface area contributed by atoms with Crippen LogP contribution in [-0.4, -0.2) is 28.3 Å². The highest BCUT2D eigenvalue weighted by atomic mass is 16.2. The number of aromatic nitrogens is 2. The first-order valence-corrected chi connectivity index (χ1v) is 8.79. The van der Waals surface area contributed by atoms with Gasteiger partial charge in [0.2, 0.25) is 17.8 Å². The van der Waals surface area contributed by atoms with Crippen molar-refractivity contribution in [3.8, 4) is 0 Å². The predicted octanol–water partition coefficient (Wildman–Crippen LogP) is 3.12. The van der Waals surface area contributed by atoms with E-state index in [0.29, 0.717) is 12.5 Å². The Kier molecular flexibility index (Phi) is 4.16. The minimum Gasteiger partial charge on any atom is -0.324 e. The van der Waals surface area contributed by atoms with Gasteiger partial charge in [0, 0.05) is 18.7 Å². The van der Waals surface area contributed by atoms with Crippen LogP contribution in [-0.2, 0) is 16.0 Å². The predicted molar refractivity (Wildman–Crippen MR) is 101 cm³/mol. The third-order valence-corrected chi connectivity index (χ3v) is 4.76. The molecule has 1 unspecified atom stereocenters. The van der Waals surface area contributed by atoms with E-state index in [1.165, 1.54) is 5.56 Å². The van der Waals surface area contributed by atoms with Crippen molar-refractivity contribution >= 4 is 34.5 Å². The zero-order valence-corrected chi connectivity index (χ0v) is 14.5. The van der Waals surface area contributed by atoms with E-state index in [9.17, 15) is 9.59 Å². The van der Waals surface area contributed by atoms with E-state index in [-0.39, 0.29) is 24.2 Å². The lowest BCUT2D eigenvalue weighted by Crippen LogP contribution is -2.28. The normalized spacial score (nSPS) is 17.0. The maximum atomic E-state index is 12.6. The molecule has 132 valence electrons. The number of H-pyrrole nitrogens is 1. The first-order chi connectivity index (χ1) is 12.6.